The van der Waals surface area contributed by atoms with Gasteiger partial charge in [0.2, 0.25) is 5.88 Å². The lowest BCUT2D eigenvalue weighted by Crippen LogP contribution is -2.38. The van der Waals surface area contributed by atoms with Gasteiger partial charge < -0.3 is 9.22 Å². The maximum absolute atomic E-state index is 5.73. The molecule has 0 aromatic carbocycles. The van der Waals surface area contributed by atoms with Gasteiger partial charge in [-0.15, -0.1) is 22.0 Å². The molecule has 0 bridgehead atoms. The van der Waals surface area contributed by atoms with Crippen molar-refractivity contribution in [2.24, 2.45) is 0 Å². The van der Waals surface area contributed by atoms with E-state index < -0.39 is 0 Å². The Bertz CT molecular complexity index is 570. The first-order valence-electron chi connectivity index (χ1n) is 5.95. The molecule has 102 valence electrons. The fraction of sp³-hybridized carbons (Fsp3) is 0.500. The predicted octanol–water partition coefficient (Wildman–Crippen LogP) is 1.23. The lowest BCUT2D eigenvalue weighted by atomic mass is 10.3. The summed E-state index contributed by atoms with van der Waals surface area (Å²) in [6, 6.07) is 0. The number of aromatic nitrogens is 4. The quantitative estimate of drug-likeness (QED) is 0.606. The van der Waals surface area contributed by atoms with Crippen LogP contribution in [0, 0.1) is 0 Å². The molecular formula is C12H18N5OS+. The molecule has 6 nitrogen and oxygen atoms in total. The van der Waals surface area contributed by atoms with Crippen LogP contribution in [0.2, 0.25) is 0 Å². The van der Waals surface area contributed by atoms with Crippen LogP contribution in [0.5, 0.6) is 5.88 Å². The van der Waals surface area contributed by atoms with E-state index in [1.807, 2.05) is 6.26 Å². The molecule has 2 heterocycles. The molecule has 0 spiro atoms. The standard InChI is InChI=1S/C12H18N5OS/c1-17(2,3)5-6-18-11-9-7-13-14-8-10(9)12(19-4)16-15-11/h7-8H,5-6H2,1-4H3/q+1. The number of hydrogen-bond donors (Lipinski definition) is 0. The second-order valence-electron chi connectivity index (χ2n) is 5.19. The third-order valence-electron chi connectivity index (χ3n) is 2.62. The van der Waals surface area contributed by atoms with Gasteiger partial charge in [0, 0.05) is 5.39 Å². The van der Waals surface area contributed by atoms with Crippen molar-refractivity contribution >= 4 is 22.5 Å². The lowest BCUT2D eigenvalue weighted by molar-refractivity contribution is -0.870. The summed E-state index contributed by atoms with van der Waals surface area (Å²) >= 11 is 1.54. The smallest absolute Gasteiger partial charge is 0.243 e. The zero-order chi connectivity index (χ0) is 13.9. The fourth-order valence-corrected chi connectivity index (χ4v) is 2.04. The lowest BCUT2D eigenvalue weighted by Gasteiger charge is -2.23. The third kappa shape index (κ3) is 3.51. The highest BCUT2D eigenvalue weighted by Crippen LogP contribution is 2.27. The number of rotatable bonds is 5. The van der Waals surface area contributed by atoms with Crippen LogP contribution in [0.4, 0.5) is 0 Å². The maximum Gasteiger partial charge on any atom is 0.243 e. The van der Waals surface area contributed by atoms with E-state index in [0.717, 1.165) is 26.8 Å². The molecule has 0 aliphatic carbocycles. The Kier molecular flexibility index (Phi) is 4.16. The number of hydrogen-bond acceptors (Lipinski definition) is 6. The van der Waals surface area contributed by atoms with Crippen molar-refractivity contribution in [3.8, 4) is 5.88 Å². The van der Waals surface area contributed by atoms with Crippen molar-refractivity contribution in [1.29, 1.82) is 0 Å². The number of quaternary nitrogens is 1. The Balaban J connectivity index is 2.24. The molecule has 0 saturated heterocycles. The van der Waals surface area contributed by atoms with E-state index in [1.54, 1.807) is 12.4 Å². The number of nitrogens with zero attached hydrogens (tertiary/aromatic N) is 5. The van der Waals surface area contributed by atoms with Crippen molar-refractivity contribution in [3.05, 3.63) is 12.4 Å². The molecule has 0 fully saturated rings. The second-order valence-corrected chi connectivity index (χ2v) is 5.99. The minimum atomic E-state index is 0.524. The summed E-state index contributed by atoms with van der Waals surface area (Å²) < 4.78 is 6.57. The Morgan fingerprint density at radius 3 is 2.42 bits per heavy atom. The number of thioether (sulfide) groups is 1. The van der Waals surface area contributed by atoms with Gasteiger partial charge in [-0.25, -0.2) is 0 Å². The summed E-state index contributed by atoms with van der Waals surface area (Å²) in [6.07, 6.45) is 5.33. The molecule has 0 amide bonds. The van der Waals surface area contributed by atoms with Crippen LogP contribution in [0.1, 0.15) is 0 Å². The monoisotopic (exact) mass is 280 g/mol. The summed E-state index contributed by atoms with van der Waals surface area (Å²) in [5.74, 6) is 0.524. The maximum atomic E-state index is 5.73. The Hall–Kier alpha value is -1.47. The van der Waals surface area contributed by atoms with Crippen LogP contribution in [-0.4, -0.2) is 65.4 Å². The summed E-state index contributed by atoms with van der Waals surface area (Å²) in [5, 5.41) is 18.7. The molecule has 2 aromatic rings. The van der Waals surface area contributed by atoms with Gasteiger partial charge in [-0.3, -0.25) is 0 Å². The van der Waals surface area contributed by atoms with Crippen molar-refractivity contribution in [1.82, 2.24) is 20.4 Å². The highest BCUT2D eigenvalue weighted by atomic mass is 32.2. The van der Waals surface area contributed by atoms with Gasteiger partial charge in [-0.2, -0.15) is 10.2 Å². The molecule has 2 rings (SSSR count). The van der Waals surface area contributed by atoms with Gasteiger partial charge in [-0.05, 0) is 6.26 Å². The summed E-state index contributed by atoms with van der Waals surface area (Å²) in [4.78, 5) is 0. The summed E-state index contributed by atoms with van der Waals surface area (Å²) in [6.45, 7) is 1.49. The van der Waals surface area contributed by atoms with Gasteiger partial charge in [0.1, 0.15) is 18.2 Å². The largest absolute Gasteiger partial charge is 0.470 e. The molecular weight excluding hydrogens is 262 g/mol. The number of fused-ring (bicyclic) bond motifs is 1. The predicted molar refractivity (Wildman–Crippen MR) is 75.3 cm³/mol. The first-order valence-corrected chi connectivity index (χ1v) is 7.18. The SMILES string of the molecule is CSc1nnc(OCC[N+](C)(C)C)c2cnncc12. The summed E-state index contributed by atoms with van der Waals surface area (Å²) in [5.41, 5.74) is 0. The van der Waals surface area contributed by atoms with Gasteiger partial charge in [0.05, 0.1) is 38.9 Å². The first-order chi connectivity index (χ1) is 9.01. The van der Waals surface area contributed by atoms with E-state index in [0.29, 0.717) is 12.5 Å². The molecule has 0 atom stereocenters. The normalized spacial score (nSPS) is 11.8. The molecule has 0 aliphatic rings. The van der Waals surface area contributed by atoms with E-state index >= 15 is 0 Å². The van der Waals surface area contributed by atoms with Crippen molar-refractivity contribution < 1.29 is 9.22 Å². The topological polar surface area (TPSA) is 60.8 Å². The van der Waals surface area contributed by atoms with E-state index in [9.17, 15) is 0 Å². The molecule has 2 aromatic heterocycles. The van der Waals surface area contributed by atoms with Gasteiger partial charge in [0.25, 0.3) is 0 Å². The number of likely N-dealkylation sites (N-methyl/N-ethyl adjacent to an activating group) is 1. The zero-order valence-electron chi connectivity index (χ0n) is 11.6. The highest BCUT2D eigenvalue weighted by Gasteiger charge is 2.12. The van der Waals surface area contributed by atoms with Crippen LogP contribution in [-0.2, 0) is 0 Å². The molecule has 0 saturated carbocycles. The van der Waals surface area contributed by atoms with Crippen LogP contribution < -0.4 is 4.74 Å². The van der Waals surface area contributed by atoms with E-state index in [-0.39, 0.29) is 0 Å². The Morgan fingerprint density at radius 2 is 1.79 bits per heavy atom. The molecule has 7 heteroatoms. The average Bonchev–Trinajstić information content (AvgIpc) is 2.37. The van der Waals surface area contributed by atoms with Crippen LogP contribution in [0.15, 0.2) is 17.4 Å². The Morgan fingerprint density at radius 1 is 1.11 bits per heavy atom. The zero-order valence-corrected chi connectivity index (χ0v) is 12.4. The van der Waals surface area contributed by atoms with Crippen molar-refractivity contribution in [3.63, 3.8) is 0 Å². The summed E-state index contributed by atoms with van der Waals surface area (Å²) in [7, 11) is 6.36. The van der Waals surface area contributed by atoms with E-state index in [1.165, 1.54) is 11.8 Å². The van der Waals surface area contributed by atoms with E-state index in [4.69, 9.17) is 4.74 Å². The van der Waals surface area contributed by atoms with Crippen molar-refractivity contribution in [2.45, 2.75) is 5.03 Å². The van der Waals surface area contributed by atoms with Gasteiger partial charge in [-0.1, -0.05) is 0 Å². The second kappa shape index (κ2) is 5.66. The molecule has 0 unspecified atom stereocenters. The highest BCUT2D eigenvalue weighted by molar-refractivity contribution is 7.98. The van der Waals surface area contributed by atoms with Gasteiger partial charge in [0.15, 0.2) is 0 Å². The minimum Gasteiger partial charge on any atom is -0.470 e. The third-order valence-corrected chi connectivity index (χ3v) is 3.31. The van der Waals surface area contributed by atoms with Crippen molar-refractivity contribution in [2.75, 3.05) is 40.6 Å². The molecule has 0 aliphatic heterocycles. The van der Waals surface area contributed by atoms with Gasteiger partial charge >= 0.3 is 0 Å². The number of ether oxygens (including phenoxy) is 1. The molecule has 19 heavy (non-hydrogen) atoms. The average molecular weight is 280 g/mol. The first kappa shape index (κ1) is 14.0. The van der Waals surface area contributed by atoms with E-state index in [2.05, 4.69) is 41.5 Å². The molecule has 0 N–H and O–H groups in total. The van der Waals surface area contributed by atoms with Crippen LogP contribution in [0.3, 0.4) is 0 Å². The fourth-order valence-electron chi connectivity index (χ4n) is 1.53. The molecule has 0 radical (unpaired) electrons. The minimum absolute atomic E-state index is 0.524. The van der Waals surface area contributed by atoms with Crippen LogP contribution >= 0.6 is 11.8 Å². The Labute approximate surface area is 116 Å². The van der Waals surface area contributed by atoms with Crippen LogP contribution in [0.25, 0.3) is 10.8 Å².